The van der Waals surface area contributed by atoms with Gasteiger partial charge in [-0.1, -0.05) is 60.7 Å². The fraction of sp³-hybridized carbons (Fsp3) is 0.150. The number of rotatable bonds is 4. The summed E-state index contributed by atoms with van der Waals surface area (Å²) in [6, 6.07) is 22.0. The van der Waals surface area contributed by atoms with Crippen LogP contribution in [0.4, 0.5) is 0 Å². The number of hydrogen-bond donors (Lipinski definition) is 1. The average Bonchev–Trinajstić information content (AvgIpc) is 2.93. The number of amides is 1. The van der Waals surface area contributed by atoms with E-state index in [9.17, 15) is 4.79 Å². The Hall–Kier alpha value is -2.39. The minimum absolute atomic E-state index is 0.0242. The molecule has 1 N–H and O–H groups in total. The van der Waals surface area contributed by atoms with Crippen molar-refractivity contribution in [2.24, 2.45) is 0 Å². The molecule has 0 atom stereocenters. The zero-order chi connectivity index (χ0) is 16.2. The van der Waals surface area contributed by atoms with Gasteiger partial charge in [-0.05, 0) is 36.6 Å². The Kier molecular flexibility index (Phi) is 4.58. The molecule has 2 nitrogen and oxygen atoms in total. The molecule has 116 valence electrons. The van der Waals surface area contributed by atoms with Gasteiger partial charge >= 0.3 is 0 Å². The predicted octanol–water partition coefficient (Wildman–Crippen LogP) is 4.88. The number of carbonyl (C=O) groups excluding carboxylic acids is 1. The minimum atomic E-state index is -0.146. The smallest absolute Gasteiger partial charge is 0.262 e. The van der Waals surface area contributed by atoms with E-state index in [0.29, 0.717) is 0 Å². The lowest BCUT2D eigenvalue weighted by Crippen LogP contribution is -2.28. The monoisotopic (exact) mass is 321 g/mol. The van der Waals surface area contributed by atoms with Crippen LogP contribution in [0, 0.1) is 13.8 Å². The van der Waals surface area contributed by atoms with Gasteiger partial charge in [0.1, 0.15) is 0 Å². The van der Waals surface area contributed by atoms with E-state index in [0.717, 1.165) is 21.6 Å². The molecule has 3 rings (SSSR count). The van der Waals surface area contributed by atoms with Crippen LogP contribution in [0.3, 0.4) is 0 Å². The maximum absolute atomic E-state index is 12.7. The largest absolute Gasteiger partial charge is 0.340 e. The SMILES string of the molecule is Cc1cc(C(=O)NC(c2ccccc2)c2ccccc2)sc1C. The summed E-state index contributed by atoms with van der Waals surface area (Å²) in [6.45, 7) is 4.08. The lowest BCUT2D eigenvalue weighted by Gasteiger charge is -2.19. The lowest BCUT2D eigenvalue weighted by molar-refractivity contribution is 0.0947. The third-order valence-electron chi connectivity index (χ3n) is 3.93. The van der Waals surface area contributed by atoms with E-state index in [1.165, 1.54) is 4.88 Å². The molecule has 0 radical (unpaired) electrons. The Bertz CT molecular complexity index is 734. The Balaban J connectivity index is 1.92. The number of hydrogen-bond acceptors (Lipinski definition) is 2. The second-order valence-corrected chi connectivity index (χ2v) is 6.83. The van der Waals surface area contributed by atoms with E-state index >= 15 is 0 Å². The average molecular weight is 321 g/mol. The van der Waals surface area contributed by atoms with Gasteiger partial charge in [0.2, 0.25) is 0 Å². The summed E-state index contributed by atoms with van der Waals surface area (Å²) in [7, 11) is 0. The quantitative estimate of drug-likeness (QED) is 0.728. The number of carbonyl (C=O) groups is 1. The molecule has 3 heteroatoms. The zero-order valence-electron chi connectivity index (χ0n) is 13.2. The maximum atomic E-state index is 12.7. The Labute approximate surface area is 140 Å². The molecule has 23 heavy (non-hydrogen) atoms. The minimum Gasteiger partial charge on any atom is -0.340 e. The molecule has 1 aromatic heterocycles. The lowest BCUT2D eigenvalue weighted by atomic mass is 9.98. The molecular weight excluding hydrogens is 302 g/mol. The van der Waals surface area contributed by atoms with Gasteiger partial charge < -0.3 is 5.32 Å². The summed E-state index contributed by atoms with van der Waals surface area (Å²) in [6.07, 6.45) is 0. The molecule has 0 aliphatic heterocycles. The van der Waals surface area contributed by atoms with Crippen molar-refractivity contribution in [1.82, 2.24) is 5.32 Å². The Morgan fingerprint density at radius 3 is 1.87 bits per heavy atom. The first-order valence-electron chi connectivity index (χ1n) is 7.63. The topological polar surface area (TPSA) is 29.1 Å². The van der Waals surface area contributed by atoms with Gasteiger partial charge in [0, 0.05) is 4.88 Å². The summed E-state index contributed by atoms with van der Waals surface area (Å²) in [5, 5.41) is 3.18. The summed E-state index contributed by atoms with van der Waals surface area (Å²) in [4.78, 5) is 14.6. The van der Waals surface area contributed by atoms with Crippen LogP contribution in [0.25, 0.3) is 0 Å². The second kappa shape index (κ2) is 6.80. The van der Waals surface area contributed by atoms with Gasteiger partial charge in [0.15, 0.2) is 0 Å². The fourth-order valence-corrected chi connectivity index (χ4v) is 3.47. The van der Waals surface area contributed by atoms with Crippen LogP contribution < -0.4 is 5.32 Å². The van der Waals surface area contributed by atoms with Crippen molar-refractivity contribution in [3.05, 3.63) is 93.2 Å². The van der Waals surface area contributed by atoms with E-state index in [4.69, 9.17) is 0 Å². The first kappa shape index (κ1) is 15.5. The molecule has 1 heterocycles. The molecule has 0 aliphatic carbocycles. The molecule has 0 fully saturated rings. The van der Waals surface area contributed by atoms with Crippen LogP contribution in [0.15, 0.2) is 66.7 Å². The third-order valence-corrected chi connectivity index (χ3v) is 5.08. The molecule has 2 aromatic carbocycles. The van der Waals surface area contributed by atoms with Crippen LogP contribution >= 0.6 is 11.3 Å². The summed E-state index contributed by atoms with van der Waals surface area (Å²) in [5.74, 6) is -0.0242. The van der Waals surface area contributed by atoms with E-state index in [2.05, 4.69) is 5.32 Å². The van der Waals surface area contributed by atoms with Gasteiger partial charge in [0.25, 0.3) is 5.91 Å². The molecule has 0 saturated carbocycles. The van der Waals surface area contributed by atoms with Gasteiger partial charge in [-0.3, -0.25) is 4.79 Å². The highest BCUT2D eigenvalue weighted by Crippen LogP contribution is 2.25. The van der Waals surface area contributed by atoms with Crippen molar-refractivity contribution in [2.75, 3.05) is 0 Å². The van der Waals surface area contributed by atoms with Crippen LogP contribution in [-0.2, 0) is 0 Å². The van der Waals surface area contributed by atoms with Gasteiger partial charge in [0.05, 0.1) is 10.9 Å². The predicted molar refractivity (Wildman–Crippen MR) is 96.0 cm³/mol. The fourth-order valence-electron chi connectivity index (χ4n) is 2.54. The maximum Gasteiger partial charge on any atom is 0.262 e. The Morgan fingerprint density at radius 1 is 0.913 bits per heavy atom. The molecule has 1 amide bonds. The third kappa shape index (κ3) is 3.51. The standard InChI is InChI=1S/C20H19NOS/c1-14-13-18(23-15(14)2)20(22)21-19(16-9-5-3-6-10-16)17-11-7-4-8-12-17/h3-13,19H,1-2H3,(H,21,22). The van der Waals surface area contributed by atoms with E-state index in [1.54, 1.807) is 11.3 Å². The second-order valence-electron chi connectivity index (χ2n) is 5.58. The van der Waals surface area contributed by atoms with Gasteiger partial charge in [-0.15, -0.1) is 11.3 Å². The number of nitrogens with one attached hydrogen (secondary N) is 1. The molecule has 0 bridgehead atoms. The summed E-state index contributed by atoms with van der Waals surface area (Å²) >= 11 is 1.54. The molecule has 0 spiro atoms. The molecule has 0 aliphatic rings. The summed E-state index contributed by atoms with van der Waals surface area (Å²) in [5.41, 5.74) is 3.32. The van der Waals surface area contributed by atoms with Crippen molar-refractivity contribution >= 4 is 17.2 Å². The molecule has 3 aromatic rings. The van der Waals surface area contributed by atoms with Crippen LogP contribution in [0.2, 0.25) is 0 Å². The van der Waals surface area contributed by atoms with Crippen molar-refractivity contribution in [1.29, 1.82) is 0 Å². The van der Waals surface area contributed by atoms with E-state index in [-0.39, 0.29) is 11.9 Å². The van der Waals surface area contributed by atoms with Gasteiger partial charge in [-0.2, -0.15) is 0 Å². The first-order valence-corrected chi connectivity index (χ1v) is 8.44. The Morgan fingerprint density at radius 2 is 1.43 bits per heavy atom. The highest BCUT2D eigenvalue weighted by molar-refractivity contribution is 7.14. The molecule has 0 unspecified atom stereocenters. The number of benzene rings is 2. The highest BCUT2D eigenvalue weighted by atomic mass is 32.1. The van der Waals surface area contributed by atoms with Crippen molar-refractivity contribution in [3.63, 3.8) is 0 Å². The zero-order valence-corrected chi connectivity index (χ0v) is 14.1. The van der Waals surface area contributed by atoms with Crippen molar-refractivity contribution in [3.8, 4) is 0 Å². The molecule has 0 saturated heterocycles. The normalized spacial score (nSPS) is 10.7. The van der Waals surface area contributed by atoms with Crippen LogP contribution in [-0.4, -0.2) is 5.91 Å². The first-order chi connectivity index (χ1) is 11.1. The van der Waals surface area contributed by atoms with Gasteiger partial charge in [-0.25, -0.2) is 0 Å². The van der Waals surface area contributed by atoms with Crippen LogP contribution in [0.1, 0.15) is 37.3 Å². The van der Waals surface area contributed by atoms with Crippen LogP contribution in [0.5, 0.6) is 0 Å². The van der Waals surface area contributed by atoms with E-state index < -0.39 is 0 Å². The summed E-state index contributed by atoms with van der Waals surface area (Å²) < 4.78 is 0. The molecular formula is C20H19NOS. The number of thiophene rings is 1. The highest BCUT2D eigenvalue weighted by Gasteiger charge is 2.19. The number of aryl methyl sites for hydroxylation is 2. The van der Waals surface area contributed by atoms with E-state index in [1.807, 2.05) is 80.6 Å². The van der Waals surface area contributed by atoms with Crippen molar-refractivity contribution < 1.29 is 4.79 Å². The van der Waals surface area contributed by atoms with Crippen molar-refractivity contribution in [2.45, 2.75) is 19.9 Å².